The van der Waals surface area contributed by atoms with Crippen LogP contribution in [0.1, 0.15) is 24.8 Å². The fourth-order valence-electron chi connectivity index (χ4n) is 1.65. The van der Waals surface area contributed by atoms with Crippen molar-refractivity contribution in [2.45, 2.75) is 25.8 Å². The number of rotatable bonds is 7. The maximum absolute atomic E-state index is 10.3. The number of hydrogen-bond donors (Lipinski definition) is 1. The first-order valence-corrected chi connectivity index (χ1v) is 6.11. The smallest absolute Gasteiger partial charge is 0.303 e. The molecule has 1 aromatic rings. The third-order valence-corrected chi connectivity index (χ3v) is 2.95. The van der Waals surface area contributed by atoms with Gasteiger partial charge in [-0.2, -0.15) is 0 Å². The van der Waals surface area contributed by atoms with Gasteiger partial charge in [-0.15, -0.1) is 0 Å². The summed E-state index contributed by atoms with van der Waals surface area (Å²) in [7, 11) is 2.02. The van der Waals surface area contributed by atoms with E-state index in [4.69, 9.17) is 16.7 Å². The molecule has 0 radical (unpaired) electrons. The van der Waals surface area contributed by atoms with E-state index in [-0.39, 0.29) is 6.42 Å². The molecule has 0 atom stereocenters. The largest absolute Gasteiger partial charge is 0.481 e. The predicted octanol–water partition coefficient (Wildman–Crippen LogP) is 3.03. The van der Waals surface area contributed by atoms with Gasteiger partial charge < -0.3 is 10.0 Å². The first-order valence-electron chi connectivity index (χ1n) is 5.73. The minimum Gasteiger partial charge on any atom is -0.481 e. The Hall–Kier alpha value is -1.06. The average molecular weight is 256 g/mol. The van der Waals surface area contributed by atoms with Gasteiger partial charge in [-0.05, 0) is 38.1 Å². The summed E-state index contributed by atoms with van der Waals surface area (Å²) in [5.41, 5.74) is 1.11. The Morgan fingerprint density at radius 1 is 1.35 bits per heavy atom. The number of hydrogen-bond acceptors (Lipinski definition) is 2. The van der Waals surface area contributed by atoms with Gasteiger partial charge in [0.2, 0.25) is 0 Å². The summed E-state index contributed by atoms with van der Waals surface area (Å²) in [5, 5.41) is 9.30. The van der Waals surface area contributed by atoms with Crippen LogP contribution in [-0.4, -0.2) is 29.6 Å². The Labute approximate surface area is 107 Å². The van der Waals surface area contributed by atoms with Crippen molar-refractivity contribution >= 4 is 17.6 Å². The molecule has 1 aromatic carbocycles. The first kappa shape index (κ1) is 14.0. The number of halogens is 1. The maximum atomic E-state index is 10.3. The van der Waals surface area contributed by atoms with Crippen LogP contribution in [0.3, 0.4) is 0 Å². The van der Waals surface area contributed by atoms with Crippen molar-refractivity contribution in [1.29, 1.82) is 0 Å². The summed E-state index contributed by atoms with van der Waals surface area (Å²) in [6.45, 7) is 1.69. The molecule has 0 unspecified atom stereocenters. The lowest BCUT2D eigenvalue weighted by Gasteiger charge is -2.17. The van der Waals surface area contributed by atoms with E-state index in [0.29, 0.717) is 0 Å². The lowest BCUT2D eigenvalue weighted by Crippen LogP contribution is -2.19. The molecule has 0 aromatic heterocycles. The van der Waals surface area contributed by atoms with Crippen LogP contribution in [0.25, 0.3) is 0 Å². The first-order chi connectivity index (χ1) is 8.09. The molecule has 0 aliphatic rings. The zero-order valence-electron chi connectivity index (χ0n) is 10.0. The highest BCUT2D eigenvalue weighted by Crippen LogP contribution is 2.16. The summed E-state index contributed by atoms with van der Waals surface area (Å²) in [6.07, 6.45) is 1.87. The monoisotopic (exact) mass is 255 g/mol. The zero-order valence-corrected chi connectivity index (χ0v) is 10.8. The minimum absolute atomic E-state index is 0.250. The number of aliphatic carboxylic acids is 1. The van der Waals surface area contributed by atoms with Gasteiger partial charge in [0.15, 0.2) is 0 Å². The number of carboxylic acid groups (broad SMARTS) is 1. The van der Waals surface area contributed by atoms with Crippen LogP contribution < -0.4 is 0 Å². The molecule has 0 saturated heterocycles. The van der Waals surface area contributed by atoms with Gasteiger partial charge in [-0.3, -0.25) is 4.79 Å². The van der Waals surface area contributed by atoms with E-state index >= 15 is 0 Å². The highest BCUT2D eigenvalue weighted by molar-refractivity contribution is 6.31. The second-order valence-corrected chi connectivity index (χ2v) is 4.59. The van der Waals surface area contributed by atoms with Crippen LogP contribution in [-0.2, 0) is 11.3 Å². The van der Waals surface area contributed by atoms with Crippen LogP contribution in [0.15, 0.2) is 24.3 Å². The molecule has 94 valence electrons. The van der Waals surface area contributed by atoms with Crippen LogP contribution in [0.4, 0.5) is 0 Å². The van der Waals surface area contributed by atoms with E-state index in [1.54, 1.807) is 0 Å². The second-order valence-electron chi connectivity index (χ2n) is 4.18. The molecule has 3 nitrogen and oxygen atoms in total. The molecular formula is C13H18ClNO2. The summed E-state index contributed by atoms with van der Waals surface area (Å²) >= 11 is 6.07. The van der Waals surface area contributed by atoms with Gasteiger partial charge in [0.1, 0.15) is 0 Å². The molecule has 0 aliphatic heterocycles. The second kappa shape index (κ2) is 7.30. The SMILES string of the molecule is CN(CCCCC(=O)O)Cc1ccccc1Cl. The van der Waals surface area contributed by atoms with Crippen molar-refractivity contribution in [3.63, 3.8) is 0 Å². The van der Waals surface area contributed by atoms with Crippen molar-refractivity contribution in [3.8, 4) is 0 Å². The molecule has 17 heavy (non-hydrogen) atoms. The molecule has 1 N–H and O–H groups in total. The number of unbranched alkanes of at least 4 members (excludes halogenated alkanes) is 1. The van der Waals surface area contributed by atoms with E-state index in [2.05, 4.69) is 4.90 Å². The van der Waals surface area contributed by atoms with Crippen LogP contribution in [0.2, 0.25) is 5.02 Å². The molecular weight excluding hydrogens is 238 g/mol. The van der Waals surface area contributed by atoms with Crippen molar-refractivity contribution in [1.82, 2.24) is 4.90 Å². The van der Waals surface area contributed by atoms with Gasteiger partial charge in [0.25, 0.3) is 0 Å². The van der Waals surface area contributed by atoms with Gasteiger partial charge in [-0.25, -0.2) is 0 Å². The fourth-order valence-corrected chi connectivity index (χ4v) is 1.85. The predicted molar refractivity (Wildman–Crippen MR) is 69.3 cm³/mol. The molecule has 0 amide bonds. The van der Waals surface area contributed by atoms with E-state index in [9.17, 15) is 4.79 Å². The maximum Gasteiger partial charge on any atom is 0.303 e. The molecule has 0 bridgehead atoms. The van der Waals surface area contributed by atoms with E-state index in [1.165, 1.54) is 0 Å². The topological polar surface area (TPSA) is 40.5 Å². The van der Waals surface area contributed by atoms with Crippen molar-refractivity contribution in [3.05, 3.63) is 34.9 Å². The quantitative estimate of drug-likeness (QED) is 0.762. The molecule has 0 saturated carbocycles. The Balaban J connectivity index is 2.27. The lowest BCUT2D eigenvalue weighted by atomic mass is 10.2. The molecule has 0 spiro atoms. The van der Waals surface area contributed by atoms with E-state index in [1.807, 2.05) is 31.3 Å². The lowest BCUT2D eigenvalue weighted by molar-refractivity contribution is -0.137. The van der Waals surface area contributed by atoms with Crippen molar-refractivity contribution < 1.29 is 9.90 Å². The third-order valence-electron chi connectivity index (χ3n) is 2.58. The summed E-state index contributed by atoms with van der Waals surface area (Å²) in [6, 6.07) is 7.78. The Morgan fingerprint density at radius 3 is 2.71 bits per heavy atom. The Kier molecular flexibility index (Phi) is 6.01. The fraction of sp³-hybridized carbons (Fsp3) is 0.462. The standard InChI is InChI=1S/C13H18ClNO2/c1-15(9-5-4-8-13(16)17)10-11-6-2-3-7-12(11)14/h2-3,6-7H,4-5,8-10H2,1H3,(H,16,17). The number of nitrogens with zero attached hydrogens (tertiary/aromatic N) is 1. The minimum atomic E-state index is -0.723. The zero-order chi connectivity index (χ0) is 12.7. The van der Waals surface area contributed by atoms with Crippen molar-refractivity contribution in [2.24, 2.45) is 0 Å². The van der Waals surface area contributed by atoms with E-state index < -0.39 is 5.97 Å². The highest BCUT2D eigenvalue weighted by atomic mass is 35.5. The van der Waals surface area contributed by atoms with Crippen LogP contribution >= 0.6 is 11.6 Å². The summed E-state index contributed by atoms with van der Waals surface area (Å²) in [5.74, 6) is -0.723. The molecule has 0 aliphatic carbocycles. The number of carbonyl (C=O) groups is 1. The summed E-state index contributed by atoms with van der Waals surface area (Å²) < 4.78 is 0. The third kappa shape index (κ3) is 5.71. The number of carboxylic acids is 1. The molecule has 1 rings (SSSR count). The Morgan fingerprint density at radius 2 is 2.06 bits per heavy atom. The van der Waals surface area contributed by atoms with Gasteiger partial charge >= 0.3 is 5.97 Å². The van der Waals surface area contributed by atoms with Gasteiger partial charge in [0.05, 0.1) is 0 Å². The highest BCUT2D eigenvalue weighted by Gasteiger charge is 2.04. The molecule has 0 heterocycles. The average Bonchev–Trinajstić information content (AvgIpc) is 2.27. The van der Waals surface area contributed by atoms with Gasteiger partial charge in [-0.1, -0.05) is 29.8 Å². The molecule has 0 fully saturated rings. The van der Waals surface area contributed by atoms with E-state index in [0.717, 1.165) is 36.5 Å². The van der Waals surface area contributed by atoms with Crippen LogP contribution in [0.5, 0.6) is 0 Å². The summed E-state index contributed by atoms with van der Waals surface area (Å²) in [4.78, 5) is 12.5. The van der Waals surface area contributed by atoms with Crippen molar-refractivity contribution in [2.75, 3.05) is 13.6 Å². The molecule has 4 heteroatoms. The van der Waals surface area contributed by atoms with Gasteiger partial charge in [0, 0.05) is 18.0 Å². The van der Waals surface area contributed by atoms with Crippen LogP contribution in [0, 0.1) is 0 Å². The normalized spacial score (nSPS) is 10.8. The Bertz CT molecular complexity index is 368. The number of benzene rings is 1.